The summed E-state index contributed by atoms with van der Waals surface area (Å²) in [4.78, 5) is 0. The summed E-state index contributed by atoms with van der Waals surface area (Å²) in [5.41, 5.74) is 1.20. The van der Waals surface area contributed by atoms with Crippen LogP contribution in [0, 0.1) is 0 Å². The molecule has 22 heavy (non-hydrogen) atoms. The van der Waals surface area contributed by atoms with Crippen molar-refractivity contribution in [3.05, 3.63) is 47.0 Å². The number of hydrogen-bond donors (Lipinski definition) is 0. The average molecular weight is 308 g/mol. The van der Waals surface area contributed by atoms with Gasteiger partial charge in [-0.3, -0.25) is 0 Å². The Kier molecular flexibility index (Phi) is 3.83. The van der Waals surface area contributed by atoms with Crippen LogP contribution in [0.1, 0.15) is 58.2 Å². The highest BCUT2D eigenvalue weighted by Crippen LogP contribution is 2.42. The van der Waals surface area contributed by atoms with E-state index in [0.717, 1.165) is 17.2 Å². The zero-order valence-electron chi connectivity index (χ0n) is 14.0. The van der Waals surface area contributed by atoms with E-state index in [-0.39, 0.29) is 16.2 Å². The number of alkyl halides is 3. The van der Waals surface area contributed by atoms with Crippen molar-refractivity contribution in [1.29, 1.82) is 0 Å². The lowest BCUT2D eigenvalue weighted by atomic mass is 9.73. The Labute approximate surface area is 130 Å². The van der Waals surface area contributed by atoms with Crippen molar-refractivity contribution in [2.24, 2.45) is 0 Å². The maximum atomic E-state index is 13.3. The number of hydrogen-bond acceptors (Lipinski definition) is 0. The summed E-state index contributed by atoms with van der Waals surface area (Å²) in [5.74, 6) is 0. The van der Waals surface area contributed by atoms with E-state index in [1.807, 2.05) is 6.07 Å². The van der Waals surface area contributed by atoms with Gasteiger partial charge in [0.25, 0.3) is 0 Å². The number of rotatable bonds is 0. The topological polar surface area (TPSA) is 0 Å². The van der Waals surface area contributed by atoms with E-state index in [1.165, 1.54) is 6.07 Å². The fourth-order valence-electron chi connectivity index (χ4n) is 3.04. The molecule has 0 bridgehead atoms. The highest BCUT2D eigenvalue weighted by Gasteiger charge is 2.34. The third kappa shape index (κ3) is 2.99. The molecule has 0 radical (unpaired) electrons. The molecule has 0 aliphatic heterocycles. The molecule has 0 atom stereocenters. The van der Waals surface area contributed by atoms with Gasteiger partial charge >= 0.3 is 6.18 Å². The van der Waals surface area contributed by atoms with Gasteiger partial charge in [-0.15, -0.1) is 0 Å². The summed E-state index contributed by atoms with van der Waals surface area (Å²) in [7, 11) is 0. The maximum Gasteiger partial charge on any atom is 0.417 e. The molecule has 0 unspecified atom stereocenters. The minimum Gasteiger partial charge on any atom is -0.166 e. The standard InChI is InChI=1S/C19H23F3/c1-17(2,3)15-11-10-12-13(16(15)18(4,5)6)8-7-9-14(12)19(20,21)22/h7-11H,1-6H3. The van der Waals surface area contributed by atoms with Gasteiger partial charge in [-0.25, -0.2) is 0 Å². The highest BCUT2D eigenvalue weighted by atomic mass is 19.4. The number of benzene rings is 2. The maximum absolute atomic E-state index is 13.3. The Bertz CT molecular complexity index is 695. The van der Waals surface area contributed by atoms with Crippen LogP contribution in [0.3, 0.4) is 0 Å². The first-order valence-corrected chi connectivity index (χ1v) is 7.47. The molecule has 0 saturated heterocycles. The van der Waals surface area contributed by atoms with Crippen molar-refractivity contribution < 1.29 is 13.2 Å². The zero-order chi connectivity index (χ0) is 16.9. The molecule has 2 rings (SSSR count). The van der Waals surface area contributed by atoms with Gasteiger partial charge in [0.15, 0.2) is 0 Å². The second kappa shape index (κ2) is 5.00. The van der Waals surface area contributed by atoms with E-state index < -0.39 is 11.7 Å². The SMILES string of the molecule is CC(C)(C)c1ccc2c(C(F)(F)F)cccc2c1C(C)(C)C. The fourth-order valence-corrected chi connectivity index (χ4v) is 3.04. The molecule has 0 aromatic heterocycles. The van der Waals surface area contributed by atoms with Crippen molar-refractivity contribution in [1.82, 2.24) is 0 Å². The lowest BCUT2D eigenvalue weighted by Gasteiger charge is -2.32. The normalized spacial score (nSPS) is 13.7. The van der Waals surface area contributed by atoms with Crippen LogP contribution in [0.25, 0.3) is 10.8 Å². The minimum atomic E-state index is -4.34. The summed E-state index contributed by atoms with van der Waals surface area (Å²) < 4.78 is 39.8. The molecule has 0 N–H and O–H groups in total. The summed E-state index contributed by atoms with van der Waals surface area (Å²) in [6.45, 7) is 12.4. The molecule has 0 saturated carbocycles. The third-order valence-electron chi connectivity index (χ3n) is 3.92. The van der Waals surface area contributed by atoms with Gasteiger partial charge in [0.2, 0.25) is 0 Å². The van der Waals surface area contributed by atoms with Crippen molar-refractivity contribution in [3.63, 3.8) is 0 Å². The first-order chi connectivity index (χ1) is 9.83. The molecule has 0 aliphatic rings. The van der Waals surface area contributed by atoms with Crippen molar-refractivity contribution >= 4 is 10.8 Å². The van der Waals surface area contributed by atoms with Crippen LogP contribution in [-0.4, -0.2) is 0 Å². The molecule has 2 aromatic carbocycles. The van der Waals surface area contributed by atoms with Crippen LogP contribution in [-0.2, 0) is 17.0 Å². The van der Waals surface area contributed by atoms with Gasteiger partial charge in [0.05, 0.1) is 5.56 Å². The predicted molar refractivity (Wildman–Crippen MR) is 86.4 cm³/mol. The van der Waals surface area contributed by atoms with Crippen LogP contribution in [0.4, 0.5) is 13.2 Å². The van der Waals surface area contributed by atoms with Crippen LogP contribution in [0.2, 0.25) is 0 Å². The first-order valence-electron chi connectivity index (χ1n) is 7.47. The molecule has 0 nitrogen and oxygen atoms in total. The molecule has 120 valence electrons. The fraction of sp³-hybridized carbons (Fsp3) is 0.474. The number of fused-ring (bicyclic) bond motifs is 1. The van der Waals surface area contributed by atoms with Crippen molar-refractivity contribution in [2.75, 3.05) is 0 Å². The smallest absolute Gasteiger partial charge is 0.166 e. The van der Waals surface area contributed by atoms with E-state index in [0.29, 0.717) is 5.39 Å². The van der Waals surface area contributed by atoms with E-state index >= 15 is 0 Å². The van der Waals surface area contributed by atoms with Crippen LogP contribution >= 0.6 is 0 Å². The molecule has 2 aromatic rings. The Balaban J connectivity index is 2.96. The van der Waals surface area contributed by atoms with E-state index in [2.05, 4.69) is 41.5 Å². The van der Waals surface area contributed by atoms with Gasteiger partial charge in [-0.05, 0) is 38.8 Å². The Hall–Kier alpha value is -1.51. The second-order valence-corrected chi connectivity index (χ2v) is 7.89. The molecular weight excluding hydrogens is 285 g/mol. The van der Waals surface area contributed by atoms with E-state index in [9.17, 15) is 13.2 Å². The third-order valence-corrected chi connectivity index (χ3v) is 3.92. The lowest BCUT2D eigenvalue weighted by molar-refractivity contribution is -0.136. The van der Waals surface area contributed by atoms with Gasteiger partial charge in [0.1, 0.15) is 0 Å². The van der Waals surface area contributed by atoms with Crippen molar-refractivity contribution in [2.45, 2.75) is 58.5 Å². The Morgan fingerprint density at radius 2 is 1.23 bits per heavy atom. The monoisotopic (exact) mass is 308 g/mol. The van der Waals surface area contributed by atoms with E-state index in [1.54, 1.807) is 12.1 Å². The molecule has 0 aliphatic carbocycles. The average Bonchev–Trinajstić information content (AvgIpc) is 2.33. The predicted octanol–water partition coefficient (Wildman–Crippen LogP) is 6.45. The number of halogens is 3. The molecule has 0 amide bonds. The molecule has 0 heterocycles. The highest BCUT2D eigenvalue weighted by molar-refractivity contribution is 5.91. The van der Waals surface area contributed by atoms with Gasteiger partial charge < -0.3 is 0 Å². The molecule has 0 spiro atoms. The van der Waals surface area contributed by atoms with Gasteiger partial charge in [0, 0.05) is 0 Å². The zero-order valence-corrected chi connectivity index (χ0v) is 14.0. The summed E-state index contributed by atoms with van der Waals surface area (Å²) >= 11 is 0. The summed E-state index contributed by atoms with van der Waals surface area (Å²) in [6, 6.07) is 7.95. The quantitative estimate of drug-likeness (QED) is 0.524. The Morgan fingerprint density at radius 1 is 0.636 bits per heavy atom. The summed E-state index contributed by atoms with van der Waals surface area (Å²) in [6.07, 6.45) is -4.34. The van der Waals surface area contributed by atoms with Gasteiger partial charge in [-0.1, -0.05) is 65.8 Å². The van der Waals surface area contributed by atoms with Crippen LogP contribution in [0.15, 0.2) is 30.3 Å². The van der Waals surface area contributed by atoms with Crippen LogP contribution < -0.4 is 0 Å². The Morgan fingerprint density at radius 3 is 1.68 bits per heavy atom. The van der Waals surface area contributed by atoms with Crippen molar-refractivity contribution in [3.8, 4) is 0 Å². The molecule has 0 fully saturated rings. The minimum absolute atomic E-state index is 0.120. The van der Waals surface area contributed by atoms with Crippen LogP contribution in [0.5, 0.6) is 0 Å². The summed E-state index contributed by atoms with van der Waals surface area (Å²) in [5, 5.41) is 0.989. The molecule has 3 heteroatoms. The second-order valence-electron chi connectivity index (χ2n) is 7.89. The largest absolute Gasteiger partial charge is 0.417 e. The van der Waals surface area contributed by atoms with E-state index in [4.69, 9.17) is 0 Å². The lowest BCUT2D eigenvalue weighted by Crippen LogP contribution is -2.22. The first kappa shape index (κ1) is 16.9. The molecular formula is C19H23F3. The van der Waals surface area contributed by atoms with Gasteiger partial charge in [-0.2, -0.15) is 13.2 Å².